The molecule has 1 aromatic rings. The van der Waals surface area contributed by atoms with Crippen LogP contribution in [0.4, 0.5) is 4.39 Å². The molecule has 0 saturated heterocycles. The molecule has 1 rings (SSSR count). The monoisotopic (exact) mass is 241 g/mol. The molecule has 5 heteroatoms. The van der Waals surface area contributed by atoms with Crippen LogP contribution in [-0.2, 0) is 16.0 Å². The van der Waals surface area contributed by atoms with E-state index in [1.54, 1.807) is 13.0 Å². The van der Waals surface area contributed by atoms with E-state index in [4.69, 9.17) is 21.6 Å². The summed E-state index contributed by atoms with van der Waals surface area (Å²) >= 11 is 5.64. The van der Waals surface area contributed by atoms with Gasteiger partial charge in [0.1, 0.15) is 11.9 Å². The number of carbonyl (C=O) groups excluding carboxylic acids is 1. The topological polar surface area (TPSA) is 50.1 Å². The predicted octanol–water partition coefficient (Wildman–Crippen LogP) is 2.46. The van der Waals surface area contributed by atoms with E-state index in [-0.39, 0.29) is 29.2 Å². The van der Waals surface area contributed by atoms with E-state index < -0.39 is 11.8 Å². The van der Waals surface area contributed by atoms with Gasteiger partial charge >= 0.3 is 5.97 Å². The van der Waals surface area contributed by atoms with Crippen LogP contribution in [0.3, 0.4) is 0 Å². The highest BCUT2D eigenvalue weighted by molar-refractivity contribution is 6.30. The Morgan fingerprint density at radius 2 is 2.31 bits per heavy atom. The van der Waals surface area contributed by atoms with Crippen LogP contribution in [0.15, 0.2) is 12.1 Å². The standard InChI is InChI=1S/C11H9ClFNO2/c1-2-16-11(15)4-7-3-8(12)5-10(13)9(7)6-14/h3,5H,2,4H2,1H3. The lowest BCUT2D eigenvalue weighted by atomic mass is 10.1. The third kappa shape index (κ3) is 2.94. The number of rotatable bonds is 3. The van der Waals surface area contributed by atoms with Gasteiger partial charge in [0.25, 0.3) is 0 Å². The highest BCUT2D eigenvalue weighted by Gasteiger charge is 2.13. The predicted molar refractivity (Wildman–Crippen MR) is 56.5 cm³/mol. The largest absolute Gasteiger partial charge is 0.466 e. The molecule has 0 saturated carbocycles. The Labute approximate surface area is 97.4 Å². The first-order chi connectivity index (χ1) is 7.58. The normalized spacial score (nSPS) is 9.62. The lowest BCUT2D eigenvalue weighted by molar-refractivity contribution is -0.142. The highest BCUT2D eigenvalue weighted by atomic mass is 35.5. The van der Waals surface area contributed by atoms with E-state index in [1.165, 1.54) is 6.07 Å². The molecular weight excluding hydrogens is 233 g/mol. The summed E-state index contributed by atoms with van der Waals surface area (Å²) in [5.74, 6) is -1.24. The van der Waals surface area contributed by atoms with Crippen LogP contribution < -0.4 is 0 Å². The third-order valence-electron chi connectivity index (χ3n) is 1.89. The molecule has 1 aromatic carbocycles. The second kappa shape index (κ2) is 5.47. The van der Waals surface area contributed by atoms with Crippen LogP contribution in [0.1, 0.15) is 18.1 Å². The molecule has 0 radical (unpaired) electrons. The number of halogens is 2. The zero-order valence-corrected chi connectivity index (χ0v) is 9.34. The molecule has 0 amide bonds. The van der Waals surface area contributed by atoms with Crippen molar-refractivity contribution in [1.29, 1.82) is 5.26 Å². The lowest BCUT2D eigenvalue weighted by Crippen LogP contribution is -2.09. The summed E-state index contributed by atoms with van der Waals surface area (Å²) in [5, 5.41) is 8.90. The van der Waals surface area contributed by atoms with Crippen molar-refractivity contribution in [3.8, 4) is 6.07 Å². The fourth-order valence-electron chi connectivity index (χ4n) is 1.26. The average molecular weight is 242 g/mol. The second-order valence-corrected chi connectivity index (χ2v) is 3.45. The number of nitriles is 1. The summed E-state index contributed by atoms with van der Waals surface area (Å²) in [6.45, 7) is 1.91. The van der Waals surface area contributed by atoms with E-state index in [1.807, 2.05) is 0 Å². The fraction of sp³-hybridized carbons (Fsp3) is 0.273. The van der Waals surface area contributed by atoms with Gasteiger partial charge in [0, 0.05) is 5.02 Å². The molecule has 0 bridgehead atoms. The minimum absolute atomic E-state index is 0.149. The highest BCUT2D eigenvalue weighted by Crippen LogP contribution is 2.20. The number of nitrogens with zero attached hydrogens (tertiary/aromatic N) is 1. The van der Waals surface area contributed by atoms with Crippen LogP contribution in [0.2, 0.25) is 5.02 Å². The van der Waals surface area contributed by atoms with Gasteiger partial charge < -0.3 is 4.74 Å². The molecule has 0 aliphatic carbocycles. The second-order valence-electron chi connectivity index (χ2n) is 3.02. The smallest absolute Gasteiger partial charge is 0.310 e. The molecule has 3 nitrogen and oxygen atoms in total. The molecule has 0 N–H and O–H groups in total. The molecule has 0 fully saturated rings. The summed E-state index contributed by atoms with van der Waals surface area (Å²) in [7, 11) is 0. The zero-order chi connectivity index (χ0) is 12.1. The van der Waals surface area contributed by atoms with E-state index in [9.17, 15) is 9.18 Å². The lowest BCUT2D eigenvalue weighted by Gasteiger charge is -2.05. The van der Waals surface area contributed by atoms with Crippen molar-refractivity contribution in [3.05, 3.63) is 34.1 Å². The van der Waals surface area contributed by atoms with Crippen molar-refractivity contribution in [1.82, 2.24) is 0 Å². The molecule has 84 valence electrons. The molecule has 0 atom stereocenters. The Bertz CT molecular complexity index is 454. The molecule has 0 unspecified atom stereocenters. The van der Waals surface area contributed by atoms with E-state index in [2.05, 4.69) is 0 Å². The third-order valence-corrected chi connectivity index (χ3v) is 2.11. The van der Waals surface area contributed by atoms with Gasteiger partial charge in [-0.15, -0.1) is 0 Å². The Balaban J connectivity index is 3.04. The summed E-state index contributed by atoms with van der Waals surface area (Å²) in [6.07, 6.45) is -0.159. The summed E-state index contributed by atoms with van der Waals surface area (Å²) in [4.78, 5) is 11.2. The van der Waals surface area contributed by atoms with E-state index in [0.717, 1.165) is 6.07 Å². The van der Waals surface area contributed by atoms with Crippen molar-refractivity contribution >= 4 is 17.6 Å². The number of ether oxygens (including phenoxy) is 1. The van der Waals surface area contributed by atoms with Crippen LogP contribution in [0.5, 0.6) is 0 Å². The molecule has 0 spiro atoms. The van der Waals surface area contributed by atoms with Crippen LogP contribution in [-0.4, -0.2) is 12.6 Å². The number of carbonyl (C=O) groups is 1. The van der Waals surface area contributed by atoms with Gasteiger partial charge in [-0.2, -0.15) is 5.26 Å². The van der Waals surface area contributed by atoms with Gasteiger partial charge in [-0.1, -0.05) is 11.6 Å². The quantitative estimate of drug-likeness (QED) is 0.764. The molecule has 16 heavy (non-hydrogen) atoms. The van der Waals surface area contributed by atoms with Crippen LogP contribution in [0, 0.1) is 17.1 Å². The Hall–Kier alpha value is -1.60. The SMILES string of the molecule is CCOC(=O)Cc1cc(Cl)cc(F)c1C#N. The number of hydrogen-bond acceptors (Lipinski definition) is 3. The van der Waals surface area contributed by atoms with Crippen LogP contribution >= 0.6 is 11.6 Å². The first-order valence-corrected chi connectivity index (χ1v) is 5.00. The van der Waals surface area contributed by atoms with Gasteiger partial charge in [-0.3, -0.25) is 4.79 Å². The number of hydrogen-bond donors (Lipinski definition) is 0. The Kier molecular flexibility index (Phi) is 4.27. The van der Waals surface area contributed by atoms with Crippen molar-refractivity contribution in [2.45, 2.75) is 13.3 Å². The van der Waals surface area contributed by atoms with Crippen molar-refractivity contribution in [2.24, 2.45) is 0 Å². The Morgan fingerprint density at radius 1 is 1.62 bits per heavy atom. The van der Waals surface area contributed by atoms with E-state index >= 15 is 0 Å². The van der Waals surface area contributed by atoms with Gasteiger partial charge in [-0.05, 0) is 24.6 Å². The Morgan fingerprint density at radius 3 is 2.88 bits per heavy atom. The minimum Gasteiger partial charge on any atom is -0.466 e. The average Bonchev–Trinajstić information content (AvgIpc) is 2.17. The van der Waals surface area contributed by atoms with Gasteiger partial charge in [0.15, 0.2) is 0 Å². The fourth-order valence-corrected chi connectivity index (χ4v) is 1.49. The van der Waals surface area contributed by atoms with Crippen LogP contribution in [0.25, 0.3) is 0 Å². The maximum Gasteiger partial charge on any atom is 0.310 e. The zero-order valence-electron chi connectivity index (χ0n) is 8.59. The molecule has 0 heterocycles. The number of esters is 1. The van der Waals surface area contributed by atoms with Gasteiger partial charge in [0.2, 0.25) is 0 Å². The summed E-state index contributed by atoms with van der Waals surface area (Å²) in [5.41, 5.74) is 0.0726. The minimum atomic E-state index is -0.728. The molecule has 0 aliphatic heterocycles. The van der Waals surface area contributed by atoms with Crippen molar-refractivity contribution in [2.75, 3.05) is 6.61 Å². The van der Waals surface area contributed by atoms with Crippen molar-refractivity contribution < 1.29 is 13.9 Å². The first kappa shape index (κ1) is 12.5. The summed E-state index contributed by atoms with van der Waals surface area (Å²) < 4.78 is 18.0. The van der Waals surface area contributed by atoms with Gasteiger partial charge in [0.05, 0.1) is 18.6 Å². The first-order valence-electron chi connectivity index (χ1n) is 4.62. The maximum atomic E-state index is 13.3. The number of benzene rings is 1. The van der Waals surface area contributed by atoms with E-state index in [0.29, 0.717) is 0 Å². The summed E-state index contributed by atoms with van der Waals surface area (Å²) in [6, 6.07) is 4.12. The maximum absolute atomic E-state index is 13.3. The molecule has 0 aromatic heterocycles. The molecule has 0 aliphatic rings. The van der Waals surface area contributed by atoms with Gasteiger partial charge in [-0.25, -0.2) is 4.39 Å². The molecular formula is C11H9ClFNO2. The van der Waals surface area contributed by atoms with Crippen molar-refractivity contribution in [3.63, 3.8) is 0 Å².